The van der Waals surface area contributed by atoms with Crippen LogP contribution in [0.1, 0.15) is 24.2 Å². The maximum absolute atomic E-state index is 12.3. The highest BCUT2D eigenvalue weighted by Crippen LogP contribution is 2.34. The molecule has 1 N–H and O–H groups in total. The summed E-state index contributed by atoms with van der Waals surface area (Å²) in [7, 11) is 0. The molecule has 0 aliphatic rings. The maximum atomic E-state index is 12.3. The number of rotatable bonds is 6. The molecule has 1 heterocycles. The van der Waals surface area contributed by atoms with Crippen molar-refractivity contribution in [3.05, 3.63) is 38.5 Å². The van der Waals surface area contributed by atoms with Crippen LogP contribution in [0.4, 0.5) is 5.69 Å². The van der Waals surface area contributed by atoms with E-state index >= 15 is 0 Å². The number of thiophene rings is 1. The smallest absolute Gasteiger partial charge is 0.258 e. The number of amides is 1. The molecule has 2 rings (SSSR count). The molecule has 118 valence electrons. The van der Waals surface area contributed by atoms with E-state index in [4.69, 9.17) is 32.7 Å². The maximum Gasteiger partial charge on any atom is 0.258 e. The van der Waals surface area contributed by atoms with Crippen LogP contribution in [0.25, 0.3) is 0 Å². The molecular weight excluding hydrogens is 345 g/mol. The topological polar surface area (TPSA) is 47.6 Å². The van der Waals surface area contributed by atoms with Crippen LogP contribution in [-0.4, -0.2) is 19.1 Å². The van der Waals surface area contributed by atoms with Gasteiger partial charge in [-0.05, 0) is 32.0 Å². The Bertz CT molecular complexity index is 673. The molecule has 1 aromatic carbocycles. The number of halogens is 2. The summed E-state index contributed by atoms with van der Waals surface area (Å²) in [6.07, 6.45) is 0. The number of benzene rings is 1. The van der Waals surface area contributed by atoms with Crippen LogP contribution in [-0.2, 0) is 0 Å². The lowest BCUT2D eigenvalue weighted by molar-refractivity contribution is 0.102. The monoisotopic (exact) mass is 359 g/mol. The molecule has 2 aromatic rings. The number of nitrogens with one attached hydrogen (secondary N) is 1. The molecule has 1 aromatic heterocycles. The van der Waals surface area contributed by atoms with E-state index in [-0.39, 0.29) is 5.91 Å². The standard InChI is InChI=1S/C15H15Cl2NO3S/c1-3-20-9-5-6-12(21-4-2)11(7-9)18-15(19)10-8-13(16)22-14(10)17/h5-8H,3-4H2,1-2H3,(H,18,19). The van der Waals surface area contributed by atoms with Crippen molar-refractivity contribution in [3.8, 4) is 11.5 Å². The second-order valence-corrected chi connectivity index (χ2v) is 6.50. The Balaban J connectivity index is 2.27. The van der Waals surface area contributed by atoms with E-state index in [1.807, 2.05) is 13.8 Å². The summed E-state index contributed by atoms with van der Waals surface area (Å²) >= 11 is 13.0. The van der Waals surface area contributed by atoms with Gasteiger partial charge in [0.15, 0.2) is 0 Å². The fourth-order valence-corrected chi connectivity index (χ4v) is 3.29. The third kappa shape index (κ3) is 4.06. The van der Waals surface area contributed by atoms with Crippen molar-refractivity contribution in [1.29, 1.82) is 0 Å². The van der Waals surface area contributed by atoms with Crippen LogP contribution < -0.4 is 14.8 Å². The Hall–Kier alpha value is -1.43. The Morgan fingerprint density at radius 3 is 2.50 bits per heavy atom. The highest BCUT2D eigenvalue weighted by molar-refractivity contribution is 7.20. The minimum atomic E-state index is -0.345. The van der Waals surface area contributed by atoms with Crippen LogP contribution >= 0.6 is 34.5 Å². The van der Waals surface area contributed by atoms with Gasteiger partial charge in [-0.15, -0.1) is 11.3 Å². The van der Waals surface area contributed by atoms with Gasteiger partial charge in [0.1, 0.15) is 15.8 Å². The summed E-state index contributed by atoms with van der Waals surface area (Å²) in [6.45, 7) is 4.79. The molecular formula is C15H15Cl2NO3S. The van der Waals surface area contributed by atoms with Gasteiger partial charge >= 0.3 is 0 Å². The third-order valence-corrected chi connectivity index (χ3v) is 4.20. The van der Waals surface area contributed by atoms with Gasteiger partial charge in [-0.1, -0.05) is 23.2 Å². The first kappa shape index (κ1) is 16.9. The molecule has 0 spiro atoms. The molecule has 0 aliphatic heterocycles. The summed E-state index contributed by atoms with van der Waals surface area (Å²) in [5.74, 6) is 0.871. The Kier molecular flexibility index (Phi) is 5.94. The van der Waals surface area contributed by atoms with Crippen molar-refractivity contribution in [1.82, 2.24) is 0 Å². The Morgan fingerprint density at radius 1 is 1.18 bits per heavy atom. The van der Waals surface area contributed by atoms with Gasteiger partial charge < -0.3 is 14.8 Å². The summed E-state index contributed by atoms with van der Waals surface area (Å²) < 4.78 is 11.8. The zero-order valence-electron chi connectivity index (χ0n) is 12.1. The molecule has 0 saturated heterocycles. The molecule has 4 nitrogen and oxygen atoms in total. The first-order chi connectivity index (χ1) is 10.5. The zero-order valence-corrected chi connectivity index (χ0v) is 14.4. The predicted molar refractivity (Wildman–Crippen MR) is 91.1 cm³/mol. The minimum absolute atomic E-state index is 0.334. The fourth-order valence-electron chi connectivity index (χ4n) is 1.83. The van der Waals surface area contributed by atoms with E-state index in [0.717, 1.165) is 11.3 Å². The number of anilines is 1. The van der Waals surface area contributed by atoms with E-state index < -0.39 is 0 Å². The highest BCUT2D eigenvalue weighted by Gasteiger charge is 2.16. The second-order valence-electron chi connectivity index (χ2n) is 4.22. The highest BCUT2D eigenvalue weighted by atomic mass is 35.5. The van der Waals surface area contributed by atoms with E-state index in [0.29, 0.717) is 44.6 Å². The molecule has 1 amide bonds. The first-order valence-electron chi connectivity index (χ1n) is 6.71. The van der Waals surface area contributed by atoms with Crippen molar-refractivity contribution in [2.45, 2.75) is 13.8 Å². The molecule has 7 heteroatoms. The van der Waals surface area contributed by atoms with Gasteiger partial charge in [-0.3, -0.25) is 4.79 Å². The average molecular weight is 360 g/mol. The third-order valence-electron chi connectivity index (χ3n) is 2.71. The van der Waals surface area contributed by atoms with E-state index in [2.05, 4.69) is 5.32 Å². The Morgan fingerprint density at radius 2 is 1.91 bits per heavy atom. The molecule has 0 aliphatic carbocycles. The van der Waals surface area contributed by atoms with Crippen molar-refractivity contribution in [3.63, 3.8) is 0 Å². The lowest BCUT2D eigenvalue weighted by atomic mass is 10.2. The van der Waals surface area contributed by atoms with Crippen molar-refractivity contribution >= 4 is 46.1 Å². The van der Waals surface area contributed by atoms with Gasteiger partial charge in [0.25, 0.3) is 5.91 Å². The summed E-state index contributed by atoms with van der Waals surface area (Å²) in [5, 5.41) is 2.78. The van der Waals surface area contributed by atoms with Gasteiger partial charge in [0, 0.05) is 6.07 Å². The SMILES string of the molecule is CCOc1ccc(OCC)c(NC(=O)c2cc(Cl)sc2Cl)c1. The molecule has 0 saturated carbocycles. The molecule has 0 atom stereocenters. The van der Waals surface area contributed by atoms with Crippen molar-refractivity contribution < 1.29 is 14.3 Å². The van der Waals surface area contributed by atoms with Crippen LogP contribution in [0.5, 0.6) is 11.5 Å². The fraction of sp³-hybridized carbons (Fsp3) is 0.267. The average Bonchev–Trinajstić information content (AvgIpc) is 2.81. The Labute approximate surface area is 142 Å². The van der Waals surface area contributed by atoms with Gasteiger partial charge in [-0.2, -0.15) is 0 Å². The minimum Gasteiger partial charge on any atom is -0.494 e. The number of ether oxygens (including phenoxy) is 2. The molecule has 0 radical (unpaired) electrons. The molecule has 0 fully saturated rings. The lowest BCUT2D eigenvalue weighted by Gasteiger charge is -2.13. The predicted octanol–water partition coefficient (Wildman–Crippen LogP) is 5.10. The number of hydrogen-bond acceptors (Lipinski definition) is 4. The van der Waals surface area contributed by atoms with Gasteiger partial charge in [0.05, 0.1) is 28.8 Å². The first-order valence-corrected chi connectivity index (χ1v) is 8.28. The lowest BCUT2D eigenvalue weighted by Crippen LogP contribution is -2.12. The second kappa shape index (κ2) is 7.72. The number of carbonyl (C=O) groups excluding carboxylic acids is 1. The number of carbonyl (C=O) groups is 1. The van der Waals surface area contributed by atoms with E-state index in [1.165, 1.54) is 6.07 Å². The quantitative estimate of drug-likeness (QED) is 0.779. The van der Waals surface area contributed by atoms with Crippen molar-refractivity contribution in [2.24, 2.45) is 0 Å². The van der Waals surface area contributed by atoms with Crippen LogP contribution in [0, 0.1) is 0 Å². The summed E-state index contributed by atoms with van der Waals surface area (Å²) in [5.41, 5.74) is 0.858. The largest absolute Gasteiger partial charge is 0.494 e. The van der Waals surface area contributed by atoms with E-state index in [9.17, 15) is 4.79 Å². The summed E-state index contributed by atoms with van der Waals surface area (Å²) in [6, 6.07) is 6.80. The summed E-state index contributed by atoms with van der Waals surface area (Å²) in [4.78, 5) is 12.3. The van der Waals surface area contributed by atoms with Crippen LogP contribution in [0.3, 0.4) is 0 Å². The zero-order chi connectivity index (χ0) is 16.1. The molecule has 22 heavy (non-hydrogen) atoms. The van der Waals surface area contributed by atoms with Crippen LogP contribution in [0.2, 0.25) is 8.67 Å². The molecule has 0 unspecified atom stereocenters. The normalized spacial score (nSPS) is 10.4. The van der Waals surface area contributed by atoms with Crippen LogP contribution in [0.15, 0.2) is 24.3 Å². The van der Waals surface area contributed by atoms with Gasteiger partial charge in [-0.25, -0.2) is 0 Å². The number of hydrogen-bond donors (Lipinski definition) is 1. The van der Waals surface area contributed by atoms with Gasteiger partial charge in [0.2, 0.25) is 0 Å². The molecule has 0 bridgehead atoms. The van der Waals surface area contributed by atoms with Crippen molar-refractivity contribution in [2.75, 3.05) is 18.5 Å². The van der Waals surface area contributed by atoms with E-state index in [1.54, 1.807) is 18.2 Å².